The Morgan fingerprint density at radius 3 is 2.67 bits per heavy atom. The van der Waals surface area contributed by atoms with Gasteiger partial charge in [-0.05, 0) is 30.3 Å². The van der Waals surface area contributed by atoms with Crippen LogP contribution in [0.5, 0.6) is 0 Å². The van der Waals surface area contributed by atoms with Crippen molar-refractivity contribution >= 4 is 17.2 Å². The minimum absolute atomic E-state index is 0.552. The summed E-state index contributed by atoms with van der Waals surface area (Å²) in [4.78, 5) is 10.7. The zero-order valence-corrected chi connectivity index (χ0v) is 14.6. The Labute approximate surface area is 155 Å². The maximum Gasteiger partial charge on any atom is 0.152 e. The fraction of sp³-hybridized carbons (Fsp3) is 0.211. The molecule has 5 rings (SSSR count). The standard InChI is InChI=1S/C19H18N8/c1-2-18(25-24-16(1)15-3-6-20-7-4-15)26-12-14(13-26)11-22-19-17-5-8-23-27(17)10-9-21-19/h1-10,14H,11-13H2,(H,21,22). The highest BCUT2D eigenvalue weighted by molar-refractivity contribution is 5.66. The van der Waals surface area contributed by atoms with Crippen molar-refractivity contribution in [1.82, 2.24) is 29.8 Å². The van der Waals surface area contributed by atoms with E-state index in [4.69, 9.17) is 0 Å². The zero-order chi connectivity index (χ0) is 18.1. The van der Waals surface area contributed by atoms with Gasteiger partial charge in [-0.1, -0.05) is 0 Å². The molecule has 1 fully saturated rings. The van der Waals surface area contributed by atoms with Crippen LogP contribution in [0.3, 0.4) is 0 Å². The molecule has 134 valence electrons. The van der Waals surface area contributed by atoms with Gasteiger partial charge in [0.25, 0.3) is 0 Å². The van der Waals surface area contributed by atoms with Gasteiger partial charge in [0.15, 0.2) is 11.6 Å². The van der Waals surface area contributed by atoms with Crippen LogP contribution in [-0.4, -0.2) is 49.4 Å². The second-order valence-electron chi connectivity index (χ2n) is 6.60. The van der Waals surface area contributed by atoms with E-state index in [1.807, 2.05) is 41.0 Å². The van der Waals surface area contributed by atoms with E-state index < -0.39 is 0 Å². The first-order chi connectivity index (χ1) is 13.4. The van der Waals surface area contributed by atoms with E-state index in [2.05, 4.69) is 35.5 Å². The maximum absolute atomic E-state index is 4.41. The van der Waals surface area contributed by atoms with Crippen molar-refractivity contribution in [3.05, 3.63) is 61.3 Å². The minimum atomic E-state index is 0.552. The average Bonchev–Trinajstić information content (AvgIpc) is 3.17. The summed E-state index contributed by atoms with van der Waals surface area (Å²) in [5.74, 6) is 2.34. The summed E-state index contributed by atoms with van der Waals surface area (Å²) in [6, 6.07) is 9.87. The third-order valence-electron chi connectivity index (χ3n) is 4.79. The molecule has 8 nitrogen and oxygen atoms in total. The first-order valence-electron chi connectivity index (χ1n) is 8.88. The molecular weight excluding hydrogens is 340 g/mol. The third kappa shape index (κ3) is 3.05. The summed E-state index contributed by atoms with van der Waals surface area (Å²) in [5.41, 5.74) is 2.88. The molecule has 0 radical (unpaired) electrons. The van der Waals surface area contributed by atoms with Crippen molar-refractivity contribution in [1.29, 1.82) is 0 Å². The number of pyridine rings is 1. The second kappa shape index (κ2) is 6.64. The summed E-state index contributed by atoms with van der Waals surface area (Å²) in [7, 11) is 0. The average molecular weight is 358 g/mol. The molecule has 0 bridgehead atoms. The Balaban J connectivity index is 1.18. The molecule has 1 saturated heterocycles. The highest BCUT2D eigenvalue weighted by atomic mass is 15.3. The van der Waals surface area contributed by atoms with Crippen LogP contribution in [0.15, 0.2) is 61.3 Å². The highest BCUT2D eigenvalue weighted by Gasteiger charge is 2.28. The van der Waals surface area contributed by atoms with Gasteiger partial charge in [0, 0.05) is 55.9 Å². The fourth-order valence-electron chi connectivity index (χ4n) is 3.29. The van der Waals surface area contributed by atoms with E-state index in [1.54, 1.807) is 24.8 Å². The predicted molar refractivity (Wildman–Crippen MR) is 102 cm³/mol. The summed E-state index contributed by atoms with van der Waals surface area (Å²) in [5, 5.41) is 16.4. The largest absolute Gasteiger partial charge is 0.368 e. The lowest BCUT2D eigenvalue weighted by atomic mass is 10.0. The molecule has 1 aliphatic rings. The first kappa shape index (κ1) is 15.7. The number of nitrogens with zero attached hydrogens (tertiary/aromatic N) is 7. The number of aromatic nitrogens is 6. The van der Waals surface area contributed by atoms with E-state index >= 15 is 0 Å². The Morgan fingerprint density at radius 1 is 0.963 bits per heavy atom. The molecular formula is C19H18N8. The Kier molecular flexibility index (Phi) is 3.86. The van der Waals surface area contributed by atoms with Crippen molar-refractivity contribution in [2.24, 2.45) is 5.92 Å². The molecule has 4 aromatic heterocycles. The van der Waals surface area contributed by atoms with E-state index in [0.717, 1.165) is 48.0 Å². The molecule has 8 heteroatoms. The quantitative estimate of drug-likeness (QED) is 0.585. The molecule has 0 atom stereocenters. The van der Waals surface area contributed by atoms with Crippen LogP contribution < -0.4 is 10.2 Å². The number of anilines is 2. The van der Waals surface area contributed by atoms with Gasteiger partial charge >= 0.3 is 0 Å². The Morgan fingerprint density at radius 2 is 1.85 bits per heavy atom. The topological polar surface area (TPSA) is 84.1 Å². The first-order valence-corrected chi connectivity index (χ1v) is 8.88. The molecule has 4 aromatic rings. The van der Waals surface area contributed by atoms with Crippen molar-refractivity contribution in [3.63, 3.8) is 0 Å². The lowest BCUT2D eigenvalue weighted by Crippen LogP contribution is -2.50. The van der Waals surface area contributed by atoms with Crippen molar-refractivity contribution in [2.45, 2.75) is 0 Å². The smallest absolute Gasteiger partial charge is 0.152 e. The molecule has 5 heterocycles. The van der Waals surface area contributed by atoms with Gasteiger partial charge in [0.2, 0.25) is 0 Å². The van der Waals surface area contributed by atoms with Crippen LogP contribution in [0.2, 0.25) is 0 Å². The molecule has 0 spiro atoms. The van der Waals surface area contributed by atoms with Crippen LogP contribution in [0.25, 0.3) is 16.8 Å². The zero-order valence-electron chi connectivity index (χ0n) is 14.6. The van der Waals surface area contributed by atoms with E-state index in [1.165, 1.54) is 0 Å². The SMILES string of the molecule is c1cc(-c2ccc(N3CC(CNc4nccn5nccc45)C3)nn2)ccn1. The normalized spacial score (nSPS) is 14.3. The van der Waals surface area contributed by atoms with Crippen LogP contribution >= 0.6 is 0 Å². The highest BCUT2D eigenvalue weighted by Crippen LogP contribution is 2.24. The number of nitrogens with one attached hydrogen (secondary N) is 1. The Hall–Kier alpha value is -3.55. The van der Waals surface area contributed by atoms with Gasteiger partial charge in [-0.2, -0.15) is 5.10 Å². The number of fused-ring (bicyclic) bond motifs is 1. The lowest BCUT2D eigenvalue weighted by molar-refractivity contribution is 0.425. The molecule has 27 heavy (non-hydrogen) atoms. The van der Waals surface area contributed by atoms with Crippen molar-refractivity contribution in [2.75, 3.05) is 29.9 Å². The van der Waals surface area contributed by atoms with Gasteiger partial charge in [0.1, 0.15) is 5.52 Å². The van der Waals surface area contributed by atoms with Gasteiger partial charge in [-0.15, -0.1) is 10.2 Å². The monoisotopic (exact) mass is 358 g/mol. The predicted octanol–water partition coefficient (Wildman–Crippen LogP) is 2.13. The lowest BCUT2D eigenvalue weighted by Gasteiger charge is -2.40. The van der Waals surface area contributed by atoms with Crippen LogP contribution in [0.1, 0.15) is 0 Å². The fourth-order valence-corrected chi connectivity index (χ4v) is 3.29. The molecule has 0 unspecified atom stereocenters. The van der Waals surface area contributed by atoms with E-state index in [0.29, 0.717) is 5.92 Å². The van der Waals surface area contributed by atoms with Crippen molar-refractivity contribution in [3.8, 4) is 11.3 Å². The van der Waals surface area contributed by atoms with Crippen molar-refractivity contribution < 1.29 is 0 Å². The number of rotatable bonds is 5. The van der Waals surface area contributed by atoms with Gasteiger partial charge in [-0.3, -0.25) is 4.98 Å². The van der Waals surface area contributed by atoms with Crippen LogP contribution in [0.4, 0.5) is 11.6 Å². The molecule has 1 aliphatic heterocycles. The molecule has 0 aliphatic carbocycles. The summed E-state index contributed by atoms with van der Waals surface area (Å²) >= 11 is 0. The summed E-state index contributed by atoms with van der Waals surface area (Å²) < 4.78 is 1.82. The number of hydrogen-bond acceptors (Lipinski definition) is 7. The van der Waals surface area contributed by atoms with E-state index in [-0.39, 0.29) is 0 Å². The van der Waals surface area contributed by atoms with E-state index in [9.17, 15) is 0 Å². The summed E-state index contributed by atoms with van der Waals surface area (Å²) in [6.07, 6.45) is 8.91. The van der Waals surface area contributed by atoms with Gasteiger partial charge in [0.05, 0.1) is 11.9 Å². The molecule has 0 aromatic carbocycles. The van der Waals surface area contributed by atoms with Crippen LogP contribution in [-0.2, 0) is 0 Å². The molecule has 0 saturated carbocycles. The minimum Gasteiger partial charge on any atom is -0.368 e. The van der Waals surface area contributed by atoms with Gasteiger partial charge < -0.3 is 10.2 Å². The van der Waals surface area contributed by atoms with Crippen LogP contribution in [0, 0.1) is 5.92 Å². The maximum atomic E-state index is 4.41. The Bertz CT molecular complexity index is 1040. The number of hydrogen-bond donors (Lipinski definition) is 1. The summed E-state index contributed by atoms with van der Waals surface area (Å²) in [6.45, 7) is 2.79. The second-order valence-corrected chi connectivity index (χ2v) is 6.60. The molecule has 1 N–H and O–H groups in total. The van der Waals surface area contributed by atoms with Gasteiger partial charge in [-0.25, -0.2) is 9.50 Å². The molecule has 0 amide bonds. The third-order valence-corrected chi connectivity index (χ3v) is 4.79.